The summed E-state index contributed by atoms with van der Waals surface area (Å²) in [5.74, 6) is 1.94. The van der Waals surface area contributed by atoms with E-state index in [1.54, 1.807) is 0 Å². The Morgan fingerprint density at radius 3 is 2.19 bits per heavy atom. The van der Waals surface area contributed by atoms with Crippen LogP contribution in [-0.2, 0) is 26.5 Å². The molecule has 0 saturated heterocycles. The van der Waals surface area contributed by atoms with Gasteiger partial charge in [-0.2, -0.15) is 0 Å². The van der Waals surface area contributed by atoms with Gasteiger partial charge in [-0.3, -0.25) is 11.6 Å². The summed E-state index contributed by atoms with van der Waals surface area (Å²) in [6, 6.07) is 18.5. The fourth-order valence-corrected chi connectivity index (χ4v) is 4.40. The van der Waals surface area contributed by atoms with Crippen molar-refractivity contribution in [3.8, 4) is 11.3 Å². The quantitative estimate of drug-likeness (QED) is 0.174. The zero-order valence-electron chi connectivity index (χ0n) is 23.5. The van der Waals surface area contributed by atoms with E-state index in [1.807, 2.05) is 6.08 Å². The molecule has 0 spiro atoms. The molecule has 194 valence electrons. The second-order valence-electron chi connectivity index (χ2n) is 11.1. The summed E-state index contributed by atoms with van der Waals surface area (Å²) in [5.41, 5.74) is 9.05. The summed E-state index contributed by atoms with van der Waals surface area (Å²) in [6.45, 7) is 27.3. The standard InChI is InChI=1S/C21H22N.C13H22.Ir/c1-14(2)10-17-6-5-7-21-19(17)8-9-20(22-21)18-12-15(3)11-16(4)13-18;1-10(2)7-12(5)9-13(6)8-11(3)4;/h5-9,11-12,14H,10H2,1-4H3;5,9-11H,6-8H2,1-4H3;/q-1;-2;+3/b;13-9+;. The number of pyridine rings is 1. The van der Waals surface area contributed by atoms with Gasteiger partial charge in [-0.05, 0) is 41.5 Å². The Hall–Kier alpha value is -2.15. The number of aryl methyl sites for hydroxylation is 2. The number of nitrogens with zero attached hydrogens (tertiary/aromatic N) is 1. The zero-order valence-corrected chi connectivity index (χ0v) is 25.9. The minimum Gasteiger partial charge on any atom is -0.296 e. The van der Waals surface area contributed by atoms with Crippen LogP contribution in [0.3, 0.4) is 0 Å². The van der Waals surface area contributed by atoms with Crippen LogP contribution in [-0.4, -0.2) is 4.98 Å². The van der Waals surface area contributed by atoms with E-state index in [-0.39, 0.29) is 20.1 Å². The van der Waals surface area contributed by atoms with Gasteiger partial charge in [0.05, 0.1) is 5.52 Å². The van der Waals surface area contributed by atoms with E-state index in [0.717, 1.165) is 52.7 Å². The molecule has 0 fully saturated rings. The number of hydrogen-bond donors (Lipinski definition) is 0. The van der Waals surface area contributed by atoms with Gasteiger partial charge in [0.25, 0.3) is 0 Å². The first-order chi connectivity index (χ1) is 16.4. The Balaban J connectivity index is 0.000000402. The minimum absolute atomic E-state index is 0. The molecule has 0 atom stereocenters. The van der Waals surface area contributed by atoms with Gasteiger partial charge in [-0.15, -0.1) is 34.9 Å². The number of benzene rings is 2. The van der Waals surface area contributed by atoms with Gasteiger partial charge in [0.15, 0.2) is 0 Å². The maximum absolute atomic E-state index is 5.85. The molecular weight excluding hydrogens is 615 g/mol. The first kappa shape index (κ1) is 31.9. The molecule has 1 aromatic heterocycles. The fraction of sp³-hybridized carbons (Fsp3) is 0.412. The molecule has 36 heavy (non-hydrogen) atoms. The fourth-order valence-electron chi connectivity index (χ4n) is 4.40. The SMILES string of the molecule is Cc1[c-]c(-c2ccc3c(CC(C)C)cccc3n2)cc(C)c1.[CH-]=C(/C=C(\[CH2-])CC(C)C)CC(C)C.[Ir+3]. The topological polar surface area (TPSA) is 12.9 Å². The van der Waals surface area contributed by atoms with Crippen LogP contribution in [0.2, 0.25) is 0 Å². The third-order valence-electron chi connectivity index (χ3n) is 5.58. The molecule has 0 bridgehead atoms. The average Bonchev–Trinajstić information content (AvgIpc) is 2.71. The van der Waals surface area contributed by atoms with E-state index < -0.39 is 0 Å². The van der Waals surface area contributed by atoms with Crippen LogP contribution in [0.5, 0.6) is 0 Å². The maximum atomic E-state index is 5.85. The Bertz CT molecular complexity index is 1130. The molecule has 0 radical (unpaired) electrons. The van der Waals surface area contributed by atoms with Gasteiger partial charge in [0.2, 0.25) is 0 Å². The molecule has 3 rings (SSSR count). The predicted octanol–water partition coefficient (Wildman–Crippen LogP) is 9.71. The Kier molecular flexibility index (Phi) is 13.4. The molecular formula is C34H44IrN. The van der Waals surface area contributed by atoms with Gasteiger partial charge in [-0.25, -0.2) is 24.1 Å². The molecule has 0 aliphatic rings. The minimum atomic E-state index is 0. The molecule has 3 aromatic rings. The van der Waals surface area contributed by atoms with Crippen molar-refractivity contribution in [1.29, 1.82) is 0 Å². The van der Waals surface area contributed by atoms with Crippen molar-refractivity contribution in [2.24, 2.45) is 17.8 Å². The summed E-state index contributed by atoms with van der Waals surface area (Å²) in [7, 11) is 0. The van der Waals surface area contributed by atoms with E-state index in [2.05, 4.69) is 111 Å². The van der Waals surface area contributed by atoms with Crippen LogP contribution in [0.1, 0.15) is 71.1 Å². The van der Waals surface area contributed by atoms with E-state index in [4.69, 9.17) is 11.6 Å². The second-order valence-corrected chi connectivity index (χ2v) is 11.1. The summed E-state index contributed by atoms with van der Waals surface area (Å²) in [6.07, 6.45) is 5.13. The first-order valence-corrected chi connectivity index (χ1v) is 13.0. The summed E-state index contributed by atoms with van der Waals surface area (Å²) in [5, 5.41) is 1.27. The number of allylic oxidation sites excluding steroid dienone is 3. The van der Waals surface area contributed by atoms with Gasteiger partial charge < -0.3 is 0 Å². The van der Waals surface area contributed by atoms with Crippen LogP contribution in [0.25, 0.3) is 22.2 Å². The molecule has 0 saturated carbocycles. The van der Waals surface area contributed by atoms with Crippen molar-refractivity contribution in [3.05, 3.63) is 95.9 Å². The van der Waals surface area contributed by atoms with Gasteiger partial charge in [0, 0.05) is 5.39 Å². The van der Waals surface area contributed by atoms with Crippen LogP contribution in [0.4, 0.5) is 0 Å². The summed E-state index contributed by atoms with van der Waals surface area (Å²) < 4.78 is 0. The third kappa shape index (κ3) is 10.9. The molecule has 1 heterocycles. The van der Waals surface area contributed by atoms with Gasteiger partial charge in [0.1, 0.15) is 0 Å². The van der Waals surface area contributed by atoms with E-state index in [0.29, 0.717) is 17.8 Å². The number of fused-ring (bicyclic) bond motifs is 1. The third-order valence-corrected chi connectivity index (χ3v) is 5.58. The molecule has 0 N–H and O–H groups in total. The van der Waals surface area contributed by atoms with Crippen molar-refractivity contribution >= 4 is 10.9 Å². The van der Waals surface area contributed by atoms with Crippen LogP contribution >= 0.6 is 0 Å². The van der Waals surface area contributed by atoms with Gasteiger partial charge in [-0.1, -0.05) is 92.5 Å². The molecule has 0 amide bonds. The summed E-state index contributed by atoms with van der Waals surface area (Å²) >= 11 is 0. The van der Waals surface area contributed by atoms with Crippen molar-refractivity contribution in [3.63, 3.8) is 0 Å². The Labute approximate surface area is 234 Å². The number of hydrogen-bond acceptors (Lipinski definition) is 1. The molecule has 0 aliphatic heterocycles. The largest absolute Gasteiger partial charge is 3.00 e. The van der Waals surface area contributed by atoms with Crippen LogP contribution < -0.4 is 0 Å². The average molecular weight is 659 g/mol. The van der Waals surface area contributed by atoms with E-state index >= 15 is 0 Å². The van der Waals surface area contributed by atoms with E-state index in [1.165, 1.54) is 16.5 Å². The smallest absolute Gasteiger partial charge is 0.296 e. The summed E-state index contributed by atoms with van der Waals surface area (Å²) in [4.78, 5) is 4.86. The molecule has 2 heteroatoms. The Morgan fingerprint density at radius 2 is 1.61 bits per heavy atom. The van der Waals surface area contributed by atoms with Crippen molar-refractivity contribution in [2.75, 3.05) is 0 Å². The van der Waals surface area contributed by atoms with Crippen molar-refractivity contribution in [2.45, 2.75) is 74.7 Å². The molecule has 0 unspecified atom stereocenters. The number of aromatic nitrogens is 1. The molecule has 0 aliphatic carbocycles. The van der Waals surface area contributed by atoms with Crippen LogP contribution in [0, 0.1) is 51.2 Å². The molecule has 2 aromatic carbocycles. The Morgan fingerprint density at radius 1 is 0.944 bits per heavy atom. The molecule has 1 nitrogen and oxygen atoms in total. The maximum Gasteiger partial charge on any atom is 3.00 e. The van der Waals surface area contributed by atoms with Crippen molar-refractivity contribution in [1.82, 2.24) is 4.98 Å². The first-order valence-electron chi connectivity index (χ1n) is 13.0. The monoisotopic (exact) mass is 659 g/mol. The van der Waals surface area contributed by atoms with E-state index in [9.17, 15) is 0 Å². The normalized spacial score (nSPS) is 11.5. The zero-order chi connectivity index (χ0) is 26.1. The predicted molar refractivity (Wildman–Crippen MR) is 154 cm³/mol. The second kappa shape index (κ2) is 15.2. The van der Waals surface area contributed by atoms with Crippen molar-refractivity contribution < 1.29 is 20.1 Å². The van der Waals surface area contributed by atoms with Crippen LogP contribution in [0.15, 0.2) is 59.7 Å². The van der Waals surface area contributed by atoms with Gasteiger partial charge >= 0.3 is 20.1 Å². The number of rotatable bonds is 8.